The van der Waals surface area contributed by atoms with Gasteiger partial charge in [0, 0.05) is 17.7 Å². The van der Waals surface area contributed by atoms with Crippen molar-refractivity contribution in [2.75, 3.05) is 0 Å². The first-order chi connectivity index (χ1) is 9.52. The minimum absolute atomic E-state index is 0.0796. The molecule has 2 aromatic rings. The third-order valence-corrected chi connectivity index (χ3v) is 2.76. The molecule has 3 nitrogen and oxygen atoms in total. The fourth-order valence-corrected chi connectivity index (χ4v) is 1.83. The molecular weight excluding hydrogens is 262 g/mol. The third-order valence-electron chi connectivity index (χ3n) is 2.76. The maximum Gasteiger partial charge on any atom is 0.144 e. The van der Waals surface area contributed by atoms with E-state index in [4.69, 9.17) is 15.7 Å². The Kier molecular flexibility index (Phi) is 3.97. The van der Waals surface area contributed by atoms with Gasteiger partial charge in [0.05, 0.1) is 5.56 Å². The van der Waals surface area contributed by atoms with Crippen molar-refractivity contribution in [1.82, 2.24) is 0 Å². The second-order valence-electron chi connectivity index (χ2n) is 4.30. The predicted molar refractivity (Wildman–Crippen MR) is 70.2 cm³/mol. The summed E-state index contributed by atoms with van der Waals surface area (Å²) in [5.41, 5.74) is 5.85. The molecule has 2 rings (SSSR count). The van der Waals surface area contributed by atoms with Gasteiger partial charge in [-0.25, -0.2) is 8.78 Å². The predicted octanol–water partition coefficient (Wildman–Crippen LogP) is 3.65. The van der Waals surface area contributed by atoms with Crippen molar-refractivity contribution in [3.63, 3.8) is 0 Å². The van der Waals surface area contributed by atoms with Crippen LogP contribution in [0.2, 0.25) is 0 Å². The Morgan fingerprint density at radius 2 is 1.95 bits per heavy atom. The van der Waals surface area contributed by atoms with E-state index >= 15 is 0 Å². The smallest absolute Gasteiger partial charge is 0.144 e. The fraction of sp³-hybridized carbons (Fsp3) is 0.133. The van der Waals surface area contributed by atoms with Crippen molar-refractivity contribution < 1.29 is 13.5 Å². The van der Waals surface area contributed by atoms with Crippen molar-refractivity contribution in [2.45, 2.75) is 13.0 Å². The molecule has 1 atom stereocenters. The Morgan fingerprint density at radius 1 is 1.20 bits per heavy atom. The zero-order valence-electron chi connectivity index (χ0n) is 10.7. The van der Waals surface area contributed by atoms with E-state index in [1.165, 1.54) is 24.3 Å². The van der Waals surface area contributed by atoms with Gasteiger partial charge in [0.25, 0.3) is 0 Å². The highest BCUT2D eigenvalue weighted by Gasteiger charge is 2.14. The van der Waals surface area contributed by atoms with Crippen molar-refractivity contribution in [2.24, 2.45) is 5.73 Å². The van der Waals surface area contributed by atoms with Crippen LogP contribution in [-0.2, 0) is 0 Å². The molecule has 1 unspecified atom stereocenters. The quantitative estimate of drug-likeness (QED) is 0.929. The molecule has 0 bridgehead atoms. The van der Waals surface area contributed by atoms with Gasteiger partial charge in [0.15, 0.2) is 0 Å². The number of halogens is 2. The van der Waals surface area contributed by atoms with Crippen LogP contribution in [-0.4, -0.2) is 0 Å². The van der Waals surface area contributed by atoms with Crippen LogP contribution in [0, 0.1) is 23.0 Å². The van der Waals surface area contributed by atoms with Gasteiger partial charge in [-0.1, -0.05) is 6.07 Å². The SMILES string of the molecule is CC(N)c1c(F)cccc1Oc1ccc(C#N)c(F)c1. The molecule has 0 heterocycles. The lowest BCUT2D eigenvalue weighted by Gasteiger charge is -2.14. The number of nitrogens with zero attached hydrogens (tertiary/aromatic N) is 1. The first-order valence-electron chi connectivity index (χ1n) is 5.94. The molecule has 0 saturated carbocycles. The zero-order chi connectivity index (χ0) is 14.7. The molecule has 20 heavy (non-hydrogen) atoms. The summed E-state index contributed by atoms with van der Waals surface area (Å²) in [6, 6.07) is 9.29. The Morgan fingerprint density at radius 3 is 2.55 bits per heavy atom. The van der Waals surface area contributed by atoms with Gasteiger partial charge < -0.3 is 10.5 Å². The highest BCUT2D eigenvalue weighted by molar-refractivity contribution is 5.42. The van der Waals surface area contributed by atoms with Crippen LogP contribution in [0.25, 0.3) is 0 Å². The molecule has 2 N–H and O–H groups in total. The van der Waals surface area contributed by atoms with E-state index in [9.17, 15) is 8.78 Å². The molecule has 0 spiro atoms. The molecule has 0 amide bonds. The van der Waals surface area contributed by atoms with Crippen molar-refractivity contribution in [3.8, 4) is 17.6 Å². The number of hydrogen-bond donors (Lipinski definition) is 1. The van der Waals surface area contributed by atoms with Crippen LogP contribution in [0.5, 0.6) is 11.5 Å². The van der Waals surface area contributed by atoms with E-state index in [2.05, 4.69) is 0 Å². The first kappa shape index (κ1) is 14.0. The summed E-state index contributed by atoms with van der Waals surface area (Å²) in [4.78, 5) is 0. The van der Waals surface area contributed by atoms with E-state index in [0.29, 0.717) is 0 Å². The van der Waals surface area contributed by atoms with Crippen LogP contribution in [0.4, 0.5) is 8.78 Å². The summed E-state index contributed by atoms with van der Waals surface area (Å²) < 4.78 is 32.7. The Balaban J connectivity index is 2.38. The minimum atomic E-state index is -0.691. The second-order valence-corrected chi connectivity index (χ2v) is 4.30. The average molecular weight is 274 g/mol. The van der Waals surface area contributed by atoms with E-state index in [0.717, 1.165) is 6.07 Å². The van der Waals surface area contributed by atoms with E-state index < -0.39 is 17.7 Å². The summed E-state index contributed by atoms with van der Waals surface area (Å²) in [6.45, 7) is 1.63. The maximum atomic E-state index is 13.7. The lowest BCUT2D eigenvalue weighted by Crippen LogP contribution is -2.09. The molecule has 0 aliphatic carbocycles. The molecule has 0 aromatic heterocycles. The van der Waals surface area contributed by atoms with Gasteiger partial charge in [-0.2, -0.15) is 5.26 Å². The van der Waals surface area contributed by atoms with Crippen LogP contribution < -0.4 is 10.5 Å². The monoisotopic (exact) mass is 274 g/mol. The highest BCUT2D eigenvalue weighted by atomic mass is 19.1. The summed E-state index contributed by atoms with van der Waals surface area (Å²) in [6.07, 6.45) is 0. The number of rotatable bonds is 3. The lowest BCUT2D eigenvalue weighted by molar-refractivity contribution is 0.456. The van der Waals surface area contributed by atoms with Crippen LogP contribution >= 0.6 is 0 Å². The van der Waals surface area contributed by atoms with Gasteiger partial charge >= 0.3 is 0 Å². The zero-order valence-corrected chi connectivity index (χ0v) is 10.7. The number of hydrogen-bond acceptors (Lipinski definition) is 3. The van der Waals surface area contributed by atoms with Crippen LogP contribution in [0.15, 0.2) is 36.4 Å². The molecule has 102 valence electrons. The van der Waals surface area contributed by atoms with E-state index in [1.54, 1.807) is 19.1 Å². The molecule has 0 fully saturated rings. The number of benzene rings is 2. The Labute approximate surface area is 115 Å². The molecule has 0 saturated heterocycles. The first-order valence-corrected chi connectivity index (χ1v) is 5.94. The number of nitriles is 1. The summed E-state index contributed by atoms with van der Waals surface area (Å²) >= 11 is 0. The van der Waals surface area contributed by atoms with Crippen LogP contribution in [0.1, 0.15) is 24.1 Å². The molecular formula is C15H12F2N2O. The van der Waals surface area contributed by atoms with Gasteiger partial charge in [-0.15, -0.1) is 0 Å². The molecule has 0 aliphatic heterocycles. The topological polar surface area (TPSA) is 59.0 Å². The minimum Gasteiger partial charge on any atom is -0.457 e. The number of ether oxygens (including phenoxy) is 1. The summed E-state index contributed by atoms with van der Waals surface area (Å²) in [5, 5.41) is 8.66. The van der Waals surface area contributed by atoms with Crippen molar-refractivity contribution >= 4 is 0 Å². The fourth-order valence-electron chi connectivity index (χ4n) is 1.83. The largest absolute Gasteiger partial charge is 0.457 e. The maximum absolute atomic E-state index is 13.7. The Bertz CT molecular complexity index is 678. The van der Waals surface area contributed by atoms with Crippen LogP contribution in [0.3, 0.4) is 0 Å². The molecule has 2 aromatic carbocycles. The standard InChI is InChI=1S/C15H12F2N2O/c1-9(19)15-12(16)3-2-4-14(15)20-11-6-5-10(8-18)13(17)7-11/h2-7,9H,19H2,1H3. The van der Waals surface area contributed by atoms with E-state index in [1.807, 2.05) is 0 Å². The lowest BCUT2D eigenvalue weighted by atomic mass is 10.1. The molecule has 5 heteroatoms. The Hall–Kier alpha value is -2.45. The van der Waals surface area contributed by atoms with Gasteiger partial charge in [-0.05, 0) is 31.2 Å². The van der Waals surface area contributed by atoms with Gasteiger partial charge in [0.1, 0.15) is 29.2 Å². The number of nitrogens with two attached hydrogens (primary N) is 1. The normalized spacial score (nSPS) is 11.8. The summed E-state index contributed by atoms with van der Waals surface area (Å²) in [7, 11) is 0. The second kappa shape index (κ2) is 5.68. The average Bonchev–Trinajstić information content (AvgIpc) is 2.38. The van der Waals surface area contributed by atoms with Crippen molar-refractivity contribution in [1.29, 1.82) is 5.26 Å². The summed E-state index contributed by atoms with van der Waals surface area (Å²) in [5.74, 6) is -0.770. The third kappa shape index (κ3) is 2.76. The van der Waals surface area contributed by atoms with Crippen molar-refractivity contribution in [3.05, 3.63) is 59.2 Å². The molecule has 0 aliphatic rings. The van der Waals surface area contributed by atoms with Gasteiger partial charge in [-0.3, -0.25) is 0 Å². The van der Waals surface area contributed by atoms with Gasteiger partial charge in [0.2, 0.25) is 0 Å². The molecule has 0 radical (unpaired) electrons. The highest BCUT2D eigenvalue weighted by Crippen LogP contribution is 2.31. The van der Waals surface area contributed by atoms with E-state index in [-0.39, 0.29) is 22.6 Å².